The average Bonchev–Trinajstić information content (AvgIpc) is 0.915. The van der Waals surface area contributed by atoms with E-state index < -0.39 is 86.8 Å². The number of nitrogens with one attached hydrogen (secondary N) is 1. The summed E-state index contributed by atoms with van der Waals surface area (Å²) in [5.41, 5.74) is 0. The molecule has 2 aliphatic heterocycles. The van der Waals surface area contributed by atoms with Crippen molar-refractivity contribution in [2.45, 2.75) is 408 Å². The molecule has 12 unspecified atom stereocenters. The van der Waals surface area contributed by atoms with E-state index in [-0.39, 0.29) is 18.9 Å². The second-order valence-corrected chi connectivity index (χ2v) is 27.1. The SMILES string of the molecule is CC/C=C\C/C=C\C/C=C\C/C=C\CCCCCCCCCCCCCCCCCCCCCCCCCCC(=O)NC(COC1OC(CO)C(OC2OC(CO)C(O)C(O)C2O)C(O)C1O)C(O)/C=C/CCCCCCCCCCCCCCCCCCCCC. The van der Waals surface area contributed by atoms with Crippen LogP contribution in [0.25, 0.3) is 0 Å². The van der Waals surface area contributed by atoms with Crippen LogP contribution in [-0.2, 0) is 23.7 Å². The number of aliphatic hydroxyl groups excluding tert-OH is 8. The molecule has 92 heavy (non-hydrogen) atoms. The Bertz CT molecular complexity index is 1780. The molecule has 0 aliphatic carbocycles. The highest BCUT2D eigenvalue weighted by molar-refractivity contribution is 5.76. The molecule has 0 aromatic rings. The van der Waals surface area contributed by atoms with E-state index in [4.69, 9.17) is 18.9 Å². The van der Waals surface area contributed by atoms with E-state index in [0.29, 0.717) is 6.42 Å². The Morgan fingerprint density at radius 2 is 0.750 bits per heavy atom. The zero-order valence-electron chi connectivity index (χ0n) is 58.8. The standard InChI is InChI=1S/C78H143NO13/c1-3-5-7-9-11-13-15-17-19-21-23-25-26-27-28-29-30-31-32-33-34-35-36-37-38-39-40-42-44-46-48-50-52-54-56-58-60-62-70(83)79-66(67(82)61-59-57-55-53-51-49-47-45-43-41-24-22-20-18-16-14-12-10-8-6-4-2)65-89-77-75(88)73(86)76(69(64-81)91-77)92-78-74(87)72(85)71(84)68(63-80)90-78/h5,7,11,13,17,19,23,25,59,61,66-69,71-78,80-82,84-88H,3-4,6,8-10,12,14-16,18,20-22,24,26-58,60,62-65H2,1-2H3,(H,79,83)/b7-5-,13-11-,19-17-,25-23-,61-59+. The molecule has 14 nitrogen and oxygen atoms in total. The monoisotopic (exact) mass is 1300 g/mol. The first-order chi connectivity index (χ1) is 45.1. The highest BCUT2D eigenvalue weighted by atomic mass is 16.7. The van der Waals surface area contributed by atoms with Crippen molar-refractivity contribution in [1.29, 1.82) is 0 Å². The maximum atomic E-state index is 13.4. The lowest BCUT2D eigenvalue weighted by molar-refractivity contribution is -0.359. The van der Waals surface area contributed by atoms with E-state index >= 15 is 0 Å². The molecule has 538 valence electrons. The summed E-state index contributed by atoms with van der Waals surface area (Å²) in [6.45, 7) is 2.74. The van der Waals surface area contributed by atoms with Gasteiger partial charge in [0, 0.05) is 6.42 Å². The molecule has 2 heterocycles. The third kappa shape index (κ3) is 45.2. The van der Waals surface area contributed by atoms with Crippen molar-refractivity contribution in [2.75, 3.05) is 19.8 Å². The lowest BCUT2D eigenvalue weighted by Gasteiger charge is -2.46. The largest absolute Gasteiger partial charge is 0.394 e. The van der Waals surface area contributed by atoms with Gasteiger partial charge in [0.1, 0.15) is 48.8 Å². The van der Waals surface area contributed by atoms with Crippen LogP contribution in [0.3, 0.4) is 0 Å². The molecule has 14 heteroatoms. The Morgan fingerprint density at radius 3 is 1.15 bits per heavy atom. The van der Waals surface area contributed by atoms with Crippen molar-refractivity contribution in [3.63, 3.8) is 0 Å². The average molecular weight is 1300 g/mol. The van der Waals surface area contributed by atoms with Crippen LogP contribution in [-0.4, -0.2) is 140 Å². The number of allylic oxidation sites excluding steroid dienone is 9. The molecule has 0 aromatic heterocycles. The number of hydrogen-bond donors (Lipinski definition) is 9. The fourth-order valence-electron chi connectivity index (χ4n) is 12.6. The van der Waals surface area contributed by atoms with Gasteiger partial charge in [-0.05, 0) is 57.8 Å². The number of hydrogen-bond acceptors (Lipinski definition) is 13. The van der Waals surface area contributed by atoms with Gasteiger partial charge in [0.2, 0.25) is 5.91 Å². The van der Waals surface area contributed by atoms with Gasteiger partial charge in [-0.15, -0.1) is 0 Å². The number of rotatable bonds is 64. The van der Waals surface area contributed by atoms with Gasteiger partial charge in [0.25, 0.3) is 0 Å². The number of aliphatic hydroxyl groups is 8. The van der Waals surface area contributed by atoms with E-state index in [9.17, 15) is 45.6 Å². The van der Waals surface area contributed by atoms with Crippen LogP contribution in [0.1, 0.15) is 335 Å². The van der Waals surface area contributed by atoms with Crippen molar-refractivity contribution in [1.82, 2.24) is 5.32 Å². The van der Waals surface area contributed by atoms with Crippen molar-refractivity contribution in [3.8, 4) is 0 Å². The van der Waals surface area contributed by atoms with Gasteiger partial charge in [-0.25, -0.2) is 0 Å². The molecule has 9 N–H and O–H groups in total. The number of amides is 1. The molecule has 0 bridgehead atoms. The van der Waals surface area contributed by atoms with Gasteiger partial charge in [0.15, 0.2) is 12.6 Å². The van der Waals surface area contributed by atoms with Gasteiger partial charge >= 0.3 is 0 Å². The number of ether oxygens (including phenoxy) is 4. The fraction of sp³-hybridized carbons (Fsp3) is 0.859. The summed E-state index contributed by atoms with van der Waals surface area (Å²) >= 11 is 0. The van der Waals surface area contributed by atoms with E-state index in [0.717, 1.165) is 64.2 Å². The van der Waals surface area contributed by atoms with Crippen molar-refractivity contribution in [2.24, 2.45) is 0 Å². The van der Waals surface area contributed by atoms with Gasteiger partial charge in [-0.2, -0.15) is 0 Å². The Labute approximate surface area is 562 Å². The molecule has 0 spiro atoms. The van der Waals surface area contributed by atoms with Gasteiger partial charge < -0.3 is 65.1 Å². The molecule has 2 saturated heterocycles. The molecular weight excluding hydrogens is 1160 g/mol. The Kier molecular flexibility index (Phi) is 58.0. The van der Waals surface area contributed by atoms with Gasteiger partial charge in [0.05, 0.1) is 32.0 Å². The van der Waals surface area contributed by atoms with Crippen LogP contribution in [0.4, 0.5) is 0 Å². The first-order valence-corrected chi connectivity index (χ1v) is 38.5. The zero-order chi connectivity index (χ0) is 66.6. The maximum Gasteiger partial charge on any atom is 0.220 e. The third-order valence-corrected chi connectivity index (χ3v) is 18.7. The van der Waals surface area contributed by atoms with Crippen molar-refractivity contribution < 1.29 is 64.6 Å². The normalized spacial score (nSPS) is 23.0. The molecule has 0 aromatic carbocycles. The second kappa shape index (κ2) is 62.2. The molecule has 2 aliphatic rings. The molecular formula is C78H143NO13. The first kappa shape index (κ1) is 85.8. The summed E-state index contributed by atoms with van der Waals surface area (Å²) < 4.78 is 22.9. The predicted octanol–water partition coefficient (Wildman–Crippen LogP) is 16.8. The highest BCUT2D eigenvalue weighted by Crippen LogP contribution is 2.30. The van der Waals surface area contributed by atoms with E-state index in [2.05, 4.69) is 67.8 Å². The summed E-state index contributed by atoms with van der Waals surface area (Å²) in [7, 11) is 0. The lowest BCUT2D eigenvalue weighted by Crippen LogP contribution is -2.65. The maximum absolute atomic E-state index is 13.4. The molecule has 0 radical (unpaired) electrons. The third-order valence-electron chi connectivity index (χ3n) is 18.7. The van der Waals surface area contributed by atoms with Crippen LogP contribution < -0.4 is 5.32 Å². The van der Waals surface area contributed by atoms with E-state index in [1.807, 2.05) is 6.08 Å². The second-order valence-electron chi connectivity index (χ2n) is 27.1. The summed E-state index contributed by atoms with van der Waals surface area (Å²) in [6.07, 6.45) is 67.3. The molecule has 1 amide bonds. The molecule has 2 rings (SSSR count). The Morgan fingerprint density at radius 1 is 0.402 bits per heavy atom. The van der Waals surface area contributed by atoms with Crippen LogP contribution in [0, 0.1) is 0 Å². The quantitative estimate of drug-likeness (QED) is 0.0204. The predicted molar refractivity (Wildman–Crippen MR) is 378 cm³/mol. The Balaban J connectivity index is 1.59. The van der Waals surface area contributed by atoms with Crippen molar-refractivity contribution >= 4 is 5.91 Å². The summed E-state index contributed by atoms with van der Waals surface area (Å²) in [5, 5.41) is 87.6. The summed E-state index contributed by atoms with van der Waals surface area (Å²) in [6, 6.07) is -0.915. The topological polar surface area (TPSA) is 228 Å². The highest BCUT2D eigenvalue weighted by Gasteiger charge is 2.51. The summed E-state index contributed by atoms with van der Waals surface area (Å²) in [4.78, 5) is 13.4. The molecule has 2 fully saturated rings. The van der Waals surface area contributed by atoms with Crippen molar-refractivity contribution in [3.05, 3.63) is 60.8 Å². The summed E-state index contributed by atoms with van der Waals surface area (Å²) in [5.74, 6) is -0.233. The minimum absolute atomic E-state index is 0.233. The number of carbonyl (C=O) groups is 1. The van der Waals surface area contributed by atoms with Crippen LogP contribution in [0.2, 0.25) is 0 Å². The first-order valence-electron chi connectivity index (χ1n) is 38.5. The van der Waals surface area contributed by atoms with Crippen LogP contribution in [0.15, 0.2) is 60.8 Å². The smallest absolute Gasteiger partial charge is 0.220 e. The van der Waals surface area contributed by atoms with Crippen LogP contribution in [0.5, 0.6) is 0 Å². The minimum atomic E-state index is -1.79. The van der Waals surface area contributed by atoms with Gasteiger partial charge in [-0.3, -0.25) is 4.79 Å². The number of carbonyl (C=O) groups excluding carboxylic acids is 1. The molecule has 12 atom stereocenters. The Hall–Kier alpha value is -2.31. The van der Waals surface area contributed by atoms with E-state index in [1.54, 1.807) is 6.08 Å². The molecule has 0 saturated carbocycles. The minimum Gasteiger partial charge on any atom is -0.394 e. The zero-order valence-corrected chi connectivity index (χ0v) is 58.8. The van der Waals surface area contributed by atoms with Gasteiger partial charge in [-0.1, -0.05) is 331 Å². The number of unbranched alkanes of at least 4 members (excludes halogenated alkanes) is 43. The fourth-order valence-corrected chi connectivity index (χ4v) is 12.6. The lowest BCUT2D eigenvalue weighted by atomic mass is 9.97. The van der Waals surface area contributed by atoms with Crippen LogP contribution >= 0.6 is 0 Å². The van der Waals surface area contributed by atoms with E-state index in [1.165, 1.54) is 244 Å².